The van der Waals surface area contributed by atoms with E-state index < -0.39 is 0 Å². The maximum atomic E-state index is 13.4. The fraction of sp³-hybridized carbons (Fsp3) is 0.250. The number of ether oxygens (including phenoxy) is 1. The average molecular weight is 448 g/mol. The quantitative estimate of drug-likeness (QED) is 0.372. The minimum absolute atomic E-state index is 0.0212. The average Bonchev–Trinajstić information content (AvgIpc) is 3.26. The van der Waals surface area contributed by atoms with Gasteiger partial charge in [0.05, 0.1) is 24.6 Å². The molecular weight excluding hydrogens is 422 g/mol. The maximum absolute atomic E-state index is 13.4. The van der Waals surface area contributed by atoms with Crippen molar-refractivity contribution in [2.45, 2.75) is 30.8 Å². The summed E-state index contributed by atoms with van der Waals surface area (Å²) in [6.45, 7) is 4.98. The molecule has 32 heavy (non-hydrogen) atoms. The second-order valence-electron chi connectivity index (χ2n) is 7.31. The van der Waals surface area contributed by atoms with Gasteiger partial charge in [-0.25, -0.2) is 4.68 Å². The molecule has 4 rings (SSSR count). The number of methoxy groups -OCH3 is 1. The molecule has 1 heterocycles. The molecule has 0 aliphatic rings. The zero-order valence-electron chi connectivity index (χ0n) is 18.3. The Morgan fingerprint density at radius 3 is 2.59 bits per heavy atom. The third-order valence-corrected chi connectivity index (χ3v) is 6.32. The van der Waals surface area contributed by atoms with Crippen molar-refractivity contribution in [1.82, 2.24) is 20.2 Å². The van der Waals surface area contributed by atoms with Gasteiger partial charge in [0.25, 0.3) is 0 Å². The van der Waals surface area contributed by atoms with Gasteiger partial charge in [0, 0.05) is 11.9 Å². The van der Waals surface area contributed by atoms with Crippen LogP contribution in [0.1, 0.15) is 19.4 Å². The number of carbonyl (C=O) groups is 1. The zero-order valence-corrected chi connectivity index (χ0v) is 19.1. The molecule has 0 unspecified atom stereocenters. The highest BCUT2D eigenvalue weighted by Crippen LogP contribution is 2.30. The molecule has 0 fully saturated rings. The Hall–Kier alpha value is -3.39. The highest BCUT2D eigenvalue weighted by atomic mass is 32.2. The lowest BCUT2D eigenvalue weighted by Crippen LogP contribution is -2.36. The van der Waals surface area contributed by atoms with Crippen LogP contribution in [-0.4, -0.2) is 45.0 Å². The third-order valence-electron chi connectivity index (χ3n) is 5.26. The molecule has 4 aromatic rings. The Morgan fingerprint density at radius 2 is 1.84 bits per heavy atom. The summed E-state index contributed by atoms with van der Waals surface area (Å²) in [7, 11) is 1.64. The minimum Gasteiger partial charge on any atom is -0.497 e. The molecule has 3 aromatic carbocycles. The lowest BCUT2D eigenvalue weighted by molar-refractivity contribution is -0.117. The highest BCUT2D eigenvalue weighted by Gasteiger charge is 2.25. The van der Waals surface area contributed by atoms with E-state index in [0.717, 1.165) is 27.8 Å². The van der Waals surface area contributed by atoms with Crippen molar-refractivity contribution in [2.75, 3.05) is 18.6 Å². The van der Waals surface area contributed by atoms with Crippen LogP contribution in [-0.2, 0) is 11.3 Å². The predicted octanol–water partition coefficient (Wildman–Crippen LogP) is 4.42. The first kappa shape index (κ1) is 21.8. The van der Waals surface area contributed by atoms with E-state index in [1.54, 1.807) is 11.8 Å². The molecular formula is C24H25N5O2S. The number of amides is 1. The number of carbonyl (C=O) groups excluding carboxylic acids is 1. The number of anilines is 1. The summed E-state index contributed by atoms with van der Waals surface area (Å²) in [4.78, 5) is 15.2. The molecule has 0 saturated carbocycles. The molecule has 0 aliphatic carbocycles. The Balaban J connectivity index is 1.51. The lowest BCUT2D eigenvalue weighted by Gasteiger charge is -2.25. The van der Waals surface area contributed by atoms with Crippen LogP contribution in [0.4, 0.5) is 5.69 Å². The second kappa shape index (κ2) is 9.82. The third kappa shape index (κ3) is 4.60. The largest absolute Gasteiger partial charge is 0.497 e. The molecule has 7 nitrogen and oxygen atoms in total. The number of fused-ring (bicyclic) bond motifs is 1. The summed E-state index contributed by atoms with van der Waals surface area (Å²) in [5, 5.41) is 14.5. The van der Waals surface area contributed by atoms with E-state index in [4.69, 9.17) is 4.74 Å². The number of thioether (sulfide) groups is 1. The fourth-order valence-electron chi connectivity index (χ4n) is 3.60. The molecule has 1 aromatic heterocycles. The first-order valence-electron chi connectivity index (χ1n) is 10.5. The number of rotatable bonds is 8. The van der Waals surface area contributed by atoms with Gasteiger partial charge in [0.2, 0.25) is 11.1 Å². The van der Waals surface area contributed by atoms with Crippen molar-refractivity contribution in [3.63, 3.8) is 0 Å². The normalized spacial score (nSPS) is 12.0. The van der Waals surface area contributed by atoms with E-state index in [1.165, 1.54) is 11.8 Å². The van der Waals surface area contributed by atoms with E-state index in [1.807, 2.05) is 73.3 Å². The van der Waals surface area contributed by atoms with Gasteiger partial charge in [-0.1, -0.05) is 60.3 Å². The van der Waals surface area contributed by atoms with Crippen LogP contribution in [0.3, 0.4) is 0 Å². The van der Waals surface area contributed by atoms with Crippen molar-refractivity contribution >= 4 is 34.1 Å². The van der Waals surface area contributed by atoms with Crippen molar-refractivity contribution < 1.29 is 9.53 Å². The molecule has 164 valence electrons. The molecule has 0 spiro atoms. The molecule has 8 heteroatoms. The van der Waals surface area contributed by atoms with Gasteiger partial charge >= 0.3 is 0 Å². The Labute approximate surface area is 191 Å². The fourth-order valence-corrected chi connectivity index (χ4v) is 4.45. The van der Waals surface area contributed by atoms with E-state index in [0.29, 0.717) is 18.2 Å². The number of hydrogen-bond acceptors (Lipinski definition) is 6. The van der Waals surface area contributed by atoms with Crippen molar-refractivity contribution in [2.24, 2.45) is 0 Å². The first-order chi connectivity index (χ1) is 15.6. The summed E-state index contributed by atoms with van der Waals surface area (Å²) in [6.07, 6.45) is 0. The zero-order chi connectivity index (χ0) is 22.5. The van der Waals surface area contributed by atoms with Crippen LogP contribution in [0, 0.1) is 0 Å². The van der Waals surface area contributed by atoms with E-state index >= 15 is 0 Å². The summed E-state index contributed by atoms with van der Waals surface area (Å²) in [5.41, 5.74) is 1.96. The van der Waals surface area contributed by atoms with Gasteiger partial charge in [0.1, 0.15) is 5.75 Å². The molecule has 1 atom stereocenters. The maximum Gasteiger partial charge on any atom is 0.240 e. The smallest absolute Gasteiger partial charge is 0.240 e. The molecule has 0 N–H and O–H groups in total. The van der Waals surface area contributed by atoms with Crippen LogP contribution in [0.15, 0.2) is 71.9 Å². The van der Waals surface area contributed by atoms with Crippen molar-refractivity contribution in [1.29, 1.82) is 0 Å². The summed E-state index contributed by atoms with van der Waals surface area (Å²) in [6, 6.07) is 21.9. The first-order valence-corrected chi connectivity index (χ1v) is 11.3. The second-order valence-corrected chi connectivity index (χ2v) is 8.62. The van der Waals surface area contributed by atoms with Gasteiger partial charge in [-0.15, -0.1) is 5.10 Å². The highest BCUT2D eigenvalue weighted by molar-refractivity contribution is 8.00. The number of hydrogen-bond donors (Lipinski definition) is 0. The van der Waals surface area contributed by atoms with Gasteiger partial charge in [0.15, 0.2) is 0 Å². The number of tetrazole rings is 1. The number of aromatic nitrogens is 4. The van der Waals surface area contributed by atoms with E-state index in [9.17, 15) is 4.79 Å². The Morgan fingerprint density at radius 1 is 1.09 bits per heavy atom. The lowest BCUT2D eigenvalue weighted by atomic mass is 10.1. The Kier molecular flexibility index (Phi) is 6.70. The number of nitrogens with zero attached hydrogens (tertiary/aromatic N) is 5. The van der Waals surface area contributed by atoms with Gasteiger partial charge < -0.3 is 9.64 Å². The van der Waals surface area contributed by atoms with Crippen LogP contribution in [0.25, 0.3) is 10.8 Å². The van der Waals surface area contributed by atoms with Gasteiger partial charge in [-0.3, -0.25) is 4.79 Å². The molecule has 1 amide bonds. The number of benzene rings is 3. The topological polar surface area (TPSA) is 73.1 Å². The molecule has 0 radical (unpaired) electrons. The summed E-state index contributed by atoms with van der Waals surface area (Å²) in [5.74, 6) is 0.820. The van der Waals surface area contributed by atoms with E-state index in [-0.39, 0.29) is 11.2 Å². The molecule has 0 saturated heterocycles. The van der Waals surface area contributed by atoms with Gasteiger partial charge in [-0.05, 0) is 53.4 Å². The van der Waals surface area contributed by atoms with Crippen molar-refractivity contribution in [3.05, 3.63) is 72.3 Å². The van der Waals surface area contributed by atoms with Crippen LogP contribution in [0.2, 0.25) is 0 Å². The molecule has 0 aliphatic heterocycles. The standard InChI is InChI=1S/C24H25N5O2S/c1-4-28(22-11-7-9-19-8-5-6-10-21(19)22)23(30)17(2)32-24-25-26-27-29(24)16-18-12-14-20(31-3)15-13-18/h5-15,17H,4,16H2,1-3H3/t17-/m0/s1. The van der Waals surface area contributed by atoms with E-state index in [2.05, 4.69) is 27.7 Å². The molecule has 0 bridgehead atoms. The summed E-state index contributed by atoms with van der Waals surface area (Å²) < 4.78 is 6.92. The minimum atomic E-state index is -0.352. The van der Waals surface area contributed by atoms with Crippen LogP contribution >= 0.6 is 11.8 Å². The van der Waals surface area contributed by atoms with Crippen LogP contribution in [0.5, 0.6) is 5.75 Å². The predicted molar refractivity (Wildman–Crippen MR) is 127 cm³/mol. The van der Waals surface area contributed by atoms with Gasteiger partial charge in [-0.2, -0.15) is 0 Å². The monoisotopic (exact) mass is 447 g/mol. The summed E-state index contributed by atoms with van der Waals surface area (Å²) >= 11 is 1.37. The van der Waals surface area contributed by atoms with Crippen LogP contribution < -0.4 is 9.64 Å². The SMILES string of the molecule is CCN(C(=O)[C@H](C)Sc1nnnn1Cc1ccc(OC)cc1)c1cccc2ccccc12. The van der Waals surface area contributed by atoms with Crippen molar-refractivity contribution in [3.8, 4) is 5.75 Å². The Bertz CT molecular complexity index is 1200.